The average molecular weight is 343 g/mol. The van der Waals surface area contributed by atoms with Gasteiger partial charge in [0.15, 0.2) is 6.29 Å². The van der Waals surface area contributed by atoms with Gasteiger partial charge in [-0.1, -0.05) is 18.2 Å². The third kappa shape index (κ3) is 4.27. The van der Waals surface area contributed by atoms with Crippen LogP contribution in [0.1, 0.15) is 35.3 Å². The number of carbonyl (C=O) groups is 1. The van der Waals surface area contributed by atoms with Crippen molar-refractivity contribution in [1.82, 2.24) is 9.78 Å². The van der Waals surface area contributed by atoms with Crippen LogP contribution in [0.4, 0.5) is 5.69 Å². The minimum atomic E-state index is -0.102. The number of nitrogens with zero attached hydrogens (tertiary/aromatic N) is 3. The summed E-state index contributed by atoms with van der Waals surface area (Å²) >= 11 is 0. The first kappa shape index (κ1) is 17.6. The van der Waals surface area contributed by atoms with E-state index >= 15 is 0 Å². The Hall–Kier alpha value is -2.18. The predicted octanol–water partition coefficient (Wildman–Crippen LogP) is 3.01. The van der Waals surface area contributed by atoms with E-state index in [1.165, 1.54) is 0 Å². The molecule has 1 saturated heterocycles. The molecule has 2 heterocycles. The van der Waals surface area contributed by atoms with Crippen LogP contribution in [0.5, 0.6) is 0 Å². The standard InChI is InChI=1S/C19H25N3O3/c1-15-17(19(23)21(2)16-8-4-3-5-9-16)14-20-22(15)11-13-25-18-10-6-7-12-24-18/h3-5,8-9,14,18H,6-7,10-13H2,1-2H3/t18-/m0/s1. The zero-order valence-electron chi connectivity index (χ0n) is 14.9. The Morgan fingerprint density at radius 3 is 2.88 bits per heavy atom. The molecular weight excluding hydrogens is 318 g/mol. The molecule has 1 atom stereocenters. The fraction of sp³-hybridized carbons (Fsp3) is 0.474. The van der Waals surface area contributed by atoms with Gasteiger partial charge in [-0.05, 0) is 38.3 Å². The Labute approximate surface area is 148 Å². The Bertz CT molecular complexity index is 693. The molecule has 3 rings (SSSR count). The van der Waals surface area contributed by atoms with Gasteiger partial charge in [0.05, 0.1) is 24.9 Å². The molecule has 6 nitrogen and oxygen atoms in total. The van der Waals surface area contributed by atoms with Gasteiger partial charge in [0, 0.05) is 25.0 Å². The second kappa shape index (κ2) is 8.27. The smallest absolute Gasteiger partial charge is 0.261 e. The van der Waals surface area contributed by atoms with Gasteiger partial charge in [0.25, 0.3) is 5.91 Å². The van der Waals surface area contributed by atoms with E-state index in [0.717, 1.165) is 37.3 Å². The van der Waals surface area contributed by atoms with E-state index in [0.29, 0.717) is 18.7 Å². The van der Waals surface area contributed by atoms with Gasteiger partial charge in [-0.2, -0.15) is 5.10 Å². The van der Waals surface area contributed by atoms with Crippen LogP contribution in [0.2, 0.25) is 0 Å². The lowest BCUT2D eigenvalue weighted by Crippen LogP contribution is -2.27. The molecule has 0 radical (unpaired) electrons. The number of hydrogen-bond acceptors (Lipinski definition) is 4. The van der Waals surface area contributed by atoms with E-state index in [4.69, 9.17) is 9.47 Å². The molecule has 0 unspecified atom stereocenters. The van der Waals surface area contributed by atoms with Crippen molar-refractivity contribution in [2.24, 2.45) is 0 Å². The summed E-state index contributed by atoms with van der Waals surface area (Å²) in [6, 6.07) is 9.59. The van der Waals surface area contributed by atoms with Crippen LogP contribution in [-0.4, -0.2) is 42.2 Å². The second-order valence-corrected chi connectivity index (χ2v) is 6.23. The summed E-state index contributed by atoms with van der Waals surface area (Å²) in [7, 11) is 1.78. The van der Waals surface area contributed by atoms with Crippen LogP contribution in [0.15, 0.2) is 36.5 Å². The van der Waals surface area contributed by atoms with Crippen LogP contribution in [-0.2, 0) is 16.0 Å². The van der Waals surface area contributed by atoms with Crippen LogP contribution in [0, 0.1) is 6.92 Å². The molecule has 1 fully saturated rings. The molecule has 2 aromatic rings. The minimum absolute atomic E-state index is 0.0634. The molecule has 0 spiro atoms. The zero-order valence-corrected chi connectivity index (χ0v) is 14.9. The van der Waals surface area contributed by atoms with Crippen LogP contribution < -0.4 is 4.90 Å². The quantitative estimate of drug-likeness (QED) is 0.809. The van der Waals surface area contributed by atoms with Gasteiger partial charge in [-0.15, -0.1) is 0 Å². The van der Waals surface area contributed by atoms with E-state index in [1.54, 1.807) is 18.1 Å². The minimum Gasteiger partial charge on any atom is -0.353 e. The lowest BCUT2D eigenvalue weighted by molar-refractivity contribution is -0.163. The summed E-state index contributed by atoms with van der Waals surface area (Å²) in [4.78, 5) is 14.4. The maximum Gasteiger partial charge on any atom is 0.261 e. The highest BCUT2D eigenvalue weighted by Crippen LogP contribution is 2.17. The van der Waals surface area contributed by atoms with Gasteiger partial charge >= 0.3 is 0 Å². The average Bonchev–Trinajstić information content (AvgIpc) is 3.03. The largest absolute Gasteiger partial charge is 0.353 e. The van der Waals surface area contributed by atoms with Crippen molar-refractivity contribution < 1.29 is 14.3 Å². The number of amides is 1. The summed E-state index contributed by atoms with van der Waals surface area (Å²) in [6.45, 7) is 3.81. The Morgan fingerprint density at radius 1 is 1.36 bits per heavy atom. The fourth-order valence-corrected chi connectivity index (χ4v) is 2.94. The topological polar surface area (TPSA) is 56.6 Å². The van der Waals surface area contributed by atoms with Crippen LogP contribution in [0.3, 0.4) is 0 Å². The highest BCUT2D eigenvalue weighted by Gasteiger charge is 2.19. The SMILES string of the molecule is Cc1c(C(=O)N(C)c2ccccc2)cnn1CCO[C@H]1CCCCO1. The Balaban J connectivity index is 1.59. The highest BCUT2D eigenvalue weighted by atomic mass is 16.7. The first-order valence-corrected chi connectivity index (χ1v) is 8.75. The number of ether oxygens (including phenoxy) is 2. The number of para-hydroxylation sites is 1. The van der Waals surface area contributed by atoms with Gasteiger partial charge < -0.3 is 14.4 Å². The zero-order chi connectivity index (χ0) is 17.6. The number of anilines is 1. The monoisotopic (exact) mass is 343 g/mol. The lowest BCUT2D eigenvalue weighted by Gasteiger charge is -2.22. The van der Waals surface area contributed by atoms with Crippen molar-refractivity contribution in [3.05, 3.63) is 47.8 Å². The molecule has 1 aliphatic heterocycles. The molecule has 1 aliphatic rings. The Kier molecular flexibility index (Phi) is 5.83. The summed E-state index contributed by atoms with van der Waals surface area (Å²) in [6.07, 6.45) is 4.74. The second-order valence-electron chi connectivity index (χ2n) is 6.23. The first-order valence-electron chi connectivity index (χ1n) is 8.75. The van der Waals surface area contributed by atoms with E-state index in [1.807, 2.05) is 41.9 Å². The summed E-state index contributed by atoms with van der Waals surface area (Å²) in [5.41, 5.74) is 2.32. The van der Waals surface area contributed by atoms with Crippen molar-refractivity contribution in [1.29, 1.82) is 0 Å². The van der Waals surface area contributed by atoms with E-state index in [-0.39, 0.29) is 12.2 Å². The van der Waals surface area contributed by atoms with Crippen LogP contribution >= 0.6 is 0 Å². The first-order chi connectivity index (χ1) is 12.2. The molecule has 0 bridgehead atoms. The van der Waals surface area contributed by atoms with Gasteiger partial charge in [-0.25, -0.2) is 0 Å². The van der Waals surface area contributed by atoms with Crippen molar-refractivity contribution in [3.8, 4) is 0 Å². The van der Waals surface area contributed by atoms with Crippen molar-refractivity contribution >= 4 is 11.6 Å². The Morgan fingerprint density at radius 2 is 2.16 bits per heavy atom. The highest BCUT2D eigenvalue weighted by molar-refractivity contribution is 6.06. The van der Waals surface area contributed by atoms with Crippen molar-refractivity contribution in [2.45, 2.75) is 39.0 Å². The number of benzene rings is 1. The summed E-state index contributed by atoms with van der Waals surface area (Å²) in [5, 5.41) is 4.34. The molecule has 6 heteroatoms. The number of aromatic nitrogens is 2. The molecule has 134 valence electrons. The maximum absolute atomic E-state index is 12.7. The number of rotatable bonds is 6. The van der Waals surface area contributed by atoms with Crippen molar-refractivity contribution in [2.75, 3.05) is 25.2 Å². The normalized spacial score (nSPS) is 17.4. The van der Waals surface area contributed by atoms with E-state index < -0.39 is 0 Å². The van der Waals surface area contributed by atoms with Crippen LogP contribution in [0.25, 0.3) is 0 Å². The third-order valence-electron chi connectivity index (χ3n) is 4.53. The predicted molar refractivity (Wildman–Crippen MR) is 95.7 cm³/mol. The summed E-state index contributed by atoms with van der Waals surface area (Å²) in [5.74, 6) is -0.0634. The van der Waals surface area contributed by atoms with E-state index in [2.05, 4.69) is 5.10 Å². The molecule has 25 heavy (non-hydrogen) atoms. The van der Waals surface area contributed by atoms with Gasteiger partial charge in [-0.3, -0.25) is 9.48 Å². The fourth-order valence-electron chi connectivity index (χ4n) is 2.94. The van der Waals surface area contributed by atoms with Gasteiger partial charge in [0.1, 0.15) is 0 Å². The summed E-state index contributed by atoms with van der Waals surface area (Å²) < 4.78 is 13.1. The van der Waals surface area contributed by atoms with Gasteiger partial charge in [0.2, 0.25) is 0 Å². The molecule has 0 saturated carbocycles. The molecule has 0 N–H and O–H groups in total. The maximum atomic E-state index is 12.7. The lowest BCUT2D eigenvalue weighted by atomic mass is 10.2. The number of hydrogen-bond donors (Lipinski definition) is 0. The third-order valence-corrected chi connectivity index (χ3v) is 4.53. The number of carbonyl (C=O) groups excluding carboxylic acids is 1. The molecule has 0 aliphatic carbocycles. The van der Waals surface area contributed by atoms with E-state index in [9.17, 15) is 4.79 Å². The molecule has 1 aromatic carbocycles. The molecular formula is C19H25N3O3. The molecule has 1 amide bonds. The van der Waals surface area contributed by atoms with Crippen molar-refractivity contribution in [3.63, 3.8) is 0 Å². The molecule has 1 aromatic heterocycles.